The van der Waals surface area contributed by atoms with Gasteiger partial charge in [-0.05, 0) is 53.6 Å². The fourth-order valence-corrected chi connectivity index (χ4v) is 5.88. The average Bonchev–Trinajstić information content (AvgIpc) is 3.50. The van der Waals surface area contributed by atoms with Gasteiger partial charge in [0.15, 0.2) is 0 Å². The highest BCUT2D eigenvalue weighted by Gasteiger charge is 2.26. The Hall–Kier alpha value is -4.83. The molecule has 0 unspecified atom stereocenters. The minimum Gasteiger partial charge on any atom is -0.497 e. The lowest BCUT2D eigenvalue weighted by molar-refractivity contribution is 0.415. The first-order valence-corrected chi connectivity index (χ1v) is 13.3. The summed E-state index contributed by atoms with van der Waals surface area (Å²) in [6.07, 6.45) is 1.93. The second-order valence-electron chi connectivity index (χ2n) is 10.5. The van der Waals surface area contributed by atoms with Gasteiger partial charge in [0.1, 0.15) is 11.6 Å². The molecule has 0 aliphatic heterocycles. The minimum atomic E-state index is -0.184. The van der Waals surface area contributed by atoms with Crippen molar-refractivity contribution in [3.8, 4) is 17.3 Å². The molecule has 0 amide bonds. The molecule has 190 valence electrons. The van der Waals surface area contributed by atoms with E-state index in [1.807, 2.05) is 12.3 Å². The number of rotatable bonds is 5. The highest BCUT2D eigenvalue weighted by molar-refractivity contribution is 6.20. The summed E-state index contributed by atoms with van der Waals surface area (Å²) in [5.41, 5.74) is 7.96. The number of nitrogens with zero attached hydrogens (tertiary/aromatic N) is 3. The molecule has 0 saturated heterocycles. The molecule has 0 bridgehead atoms. The van der Waals surface area contributed by atoms with Crippen molar-refractivity contribution in [3.05, 3.63) is 133 Å². The molecule has 3 aromatic heterocycles. The molecule has 0 atom stereocenters. The molecule has 0 fully saturated rings. The summed E-state index contributed by atoms with van der Waals surface area (Å²) in [7, 11) is 1.72. The molecule has 7 aromatic rings. The SMILES string of the molecule is COc1ccc2c(c1)n(-c1cc(C(C)(C)c3ccccc3)ccn1)c1c3ccccc3n(-c3ccccc3)c21. The molecular formula is C35H29N3O. The summed E-state index contributed by atoms with van der Waals surface area (Å²) in [4.78, 5) is 4.95. The van der Waals surface area contributed by atoms with Gasteiger partial charge in [-0.2, -0.15) is 0 Å². The van der Waals surface area contributed by atoms with Crippen LogP contribution in [0.1, 0.15) is 25.0 Å². The van der Waals surface area contributed by atoms with Crippen LogP contribution in [0.2, 0.25) is 0 Å². The van der Waals surface area contributed by atoms with Gasteiger partial charge in [0.05, 0.1) is 29.2 Å². The summed E-state index contributed by atoms with van der Waals surface area (Å²) in [6, 6.07) is 40.6. The molecule has 0 aliphatic rings. The summed E-state index contributed by atoms with van der Waals surface area (Å²) >= 11 is 0. The summed E-state index contributed by atoms with van der Waals surface area (Å²) in [5.74, 6) is 1.71. The topological polar surface area (TPSA) is 32.0 Å². The largest absolute Gasteiger partial charge is 0.497 e. The Balaban J connectivity index is 1.59. The van der Waals surface area contributed by atoms with Gasteiger partial charge in [-0.3, -0.25) is 4.57 Å². The number of hydrogen-bond donors (Lipinski definition) is 0. The van der Waals surface area contributed by atoms with E-state index in [9.17, 15) is 0 Å². The Morgan fingerprint density at radius 1 is 0.615 bits per heavy atom. The van der Waals surface area contributed by atoms with Gasteiger partial charge in [0, 0.05) is 34.1 Å². The van der Waals surface area contributed by atoms with Crippen LogP contribution in [0.25, 0.3) is 44.3 Å². The lowest BCUT2D eigenvalue weighted by Crippen LogP contribution is -2.19. The number of benzene rings is 4. The fourth-order valence-electron chi connectivity index (χ4n) is 5.88. The van der Waals surface area contributed by atoms with Gasteiger partial charge in [0.25, 0.3) is 0 Å². The van der Waals surface area contributed by atoms with E-state index in [1.54, 1.807) is 7.11 Å². The third kappa shape index (κ3) is 3.56. The van der Waals surface area contributed by atoms with E-state index in [0.717, 1.165) is 39.2 Å². The van der Waals surface area contributed by atoms with Crippen molar-refractivity contribution in [2.45, 2.75) is 19.3 Å². The zero-order valence-electron chi connectivity index (χ0n) is 22.3. The maximum absolute atomic E-state index is 5.68. The van der Waals surface area contributed by atoms with E-state index in [-0.39, 0.29) is 5.41 Å². The zero-order valence-corrected chi connectivity index (χ0v) is 22.3. The number of ether oxygens (including phenoxy) is 1. The molecule has 0 radical (unpaired) electrons. The van der Waals surface area contributed by atoms with Crippen molar-refractivity contribution in [2.24, 2.45) is 0 Å². The third-order valence-electron chi connectivity index (χ3n) is 7.98. The van der Waals surface area contributed by atoms with Crippen LogP contribution in [0.5, 0.6) is 5.75 Å². The predicted molar refractivity (Wildman–Crippen MR) is 161 cm³/mol. The van der Waals surface area contributed by atoms with E-state index < -0.39 is 0 Å². The predicted octanol–water partition coefficient (Wildman–Crippen LogP) is 8.46. The van der Waals surface area contributed by atoms with E-state index in [1.165, 1.54) is 22.0 Å². The van der Waals surface area contributed by atoms with E-state index >= 15 is 0 Å². The number of pyridine rings is 1. The lowest BCUT2D eigenvalue weighted by atomic mass is 9.78. The van der Waals surface area contributed by atoms with E-state index in [2.05, 4.69) is 132 Å². The van der Waals surface area contributed by atoms with Crippen LogP contribution < -0.4 is 4.74 Å². The molecule has 0 spiro atoms. The second kappa shape index (κ2) is 8.88. The van der Waals surface area contributed by atoms with Gasteiger partial charge in [-0.25, -0.2) is 4.98 Å². The summed E-state index contributed by atoms with van der Waals surface area (Å²) < 4.78 is 10.4. The third-order valence-corrected chi connectivity index (χ3v) is 7.98. The van der Waals surface area contributed by atoms with Gasteiger partial charge in [-0.15, -0.1) is 0 Å². The Kier molecular flexibility index (Phi) is 5.31. The van der Waals surface area contributed by atoms with E-state index in [4.69, 9.17) is 9.72 Å². The average molecular weight is 508 g/mol. The lowest BCUT2D eigenvalue weighted by Gasteiger charge is -2.26. The molecule has 0 N–H and O–H groups in total. The highest BCUT2D eigenvalue weighted by Crippen LogP contribution is 2.42. The molecule has 3 heterocycles. The number of para-hydroxylation sites is 2. The van der Waals surface area contributed by atoms with Crippen LogP contribution in [0.4, 0.5) is 0 Å². The fraction of sp³-hybridized carbons (Fsp3) is 0.114. The first-order chi connectivity index (χ1) is 19.1. The van der Waals surface area contributed by atoms with Gasteiger partial charge < -0.3 is 9.30 Å². The van der Waals surface area contributed by atoms with Gasteiger partial charge >= 0.3 is 0 Å². The minimum absolute atomic E-state index is 0.184. The maximum atomic E-state index is 5.68. The Morgan fingerprint density at radius 3 is 2.05 bits per heavy atom. The van der Waals surface area contributed by atoms with E-state index in [0.29, 0.717) is 0 Å². The second-order valence-corrected chi connectivity index (χ2v) is 10.5. The van der Waals surface area contributed by atoms with Gasteiger partial charge in [0.2, 0.25) is 0 Å². The Morgan fingerprint density at radius 2 is 1.28 bits per heavy atom. The number of aromatic nitrogens is 3. The monoisotopic (exact) mass is 507 g/mol. The van der Waals surface area contributed by atoms with Crippen molar-refractivity contribution < 1.29 is 4.74 Å². The standard InChI is InChI=1S/C35H29N3O/c1-35(2,24-12-6-4-7-13-24)25-20-21-36-32(22-25)38-31-23-27(39-3)18-19-29(31)33-34(38)28-16-10-11-17-30(28)37(33)26-14-8-5-9-15-26/h4-23H,1-3H3. The Bertz CT molecular complexity index is 1960. The molecule has 4 aromatic carbocycles. The van der Waals surface area contributed by atoms with Gasteiger partial charge in [-0.1, -0.05) is 80.6 Å². The van der Waals surface area contributed by atoms with Crippen molar-refractivity contribution in [1.29, 1.82) is 0 Å². The molecule has 4 nitrogen and oxygen atoms in total. The first-order valence-electron chi connectivity index (χ1n) is 13.3. The normalized spacial score (nSPS) is 12.0. The highest BCUT2D eigenvalue weighted by atomic mass is 16.5. The molecule has 39 heavy (non-hydrogen) atoms. The molecular weight excluding hydrogens is 478 g/mol. The zero-order chi connectivity index (χ0) is 26.6. The van der Waals surface area contributed by atoms with Crippen molar-refractivity contribution in [1.82, 2.24) is 14.1 Å². The smallest absolute Gasteiger partial charge is 0.137 e. The van der Waals surface area contributed by atoms with Crippen LogP contribution in [-0.2, 0) is 5.41 Å². The van der Waals surface area contributed by atoms with Crippen molar-refractivity contribution in [2.75, 3.05) is 7.11 Å². The number of methoxy groups -OCH3 is 1. The molecule has 4 heteroatoms. The molecule has 7 rings (SSSR count). The van der Waals surface area contributed by atoms with Crippen LogP contribution in [0.15, 0.2) is 121 Å². The molecule has 0 saturated carbocycles. The van der Waals surface area contributed by atoms with Crippen LogP contribution in [0, 0.1) is 0 Å². The Labute approximate surface area is 227 Å². The van der Waals surface area contributed by atoms with Crippen LogP contribution in [0.3, 0.4) is 0 Å². The summed E-state index contributed by atoms with van der Waals surface area (Å²) in [5, 5.41) is 2.33. The summed E-state index contributed by atoms with van der Waals surface area (Å²) in [6.45, 7) is 4.55. The van der Waals surface area contributed by atoms with Crippen molar-refractivity contribution in [3.63, 3.8) is 0 Å². The van der Waals surface area contributed by atoms with Crippen LogP contribution >= 0.6 is 0 Å². The first kappa shape index (κ1) is 23.3. The number of fused-ring (bicyclic) bond motifs is 5. The molecule has 0 aliphatic carbocycles. The van der Waals surface area contributed by atoms with Crippen molar-refractivity contribution >= 4 is 32.8 Å². The quantitative estimate of drug-likeness (QED) is 0.234. The number of hydrogen-bond acceptors (Lipinski definition) is 2. The maximum Gasteiger partial charge on any atom is 0.137 e. The van der Waals surface area contributed by atoms with Crippen LogP contribution in [-0.4, -0.2) is 21.2 Å².